The van der Waals surface area contributed by atoms with Crippen LogP contribution in [0.3, 0.4) is 0 Å². The van der Waals surface area contributed by atoms with Crippen molar-refractivity contribution in [3.8, 4) is 0 Å². The van der Waals surface area contributed by atoms with Crippen LogP contribution in [0.5, 0.6) is 0 Å². The van der Waals surface area contributed by atoms with Crippen LogP contribution in [0, 0.1) is 41.4 Å². The minimum Gasteiger partial charge on any atom is -0.0622 e. The topological polar surface area (TPSA) is 0 Å². The van der Waals surface area contributed by atoms with Crippen LogP contribution in [-0.4, -0.2) is 0 Å². The Hall–Kier alpha value is 0. The molecule has 4 aliphatic carbocycles. The van der Waals surface area contributed by atoms with Gasteiger partial charge in [0, 0.05) is 0 Å². The molecular formula is C16H26. The molecule has 90 valence electrons. The minimum atomic E-state index is 1.09. The van der Waals surface area contributed by atoms with Crippen LogP contribution < -0.4 is 0 Å². The van der Waals surface area contributed by atoms with Crippen LogP contribution >= 0.6 is 0 Å². The average molecular weight is 218 g/mol. The van der Waals surface area contributed by atoms with E-state index in [1.807, 2.05) is 0 Å². The summed E-state index contributed by atoms with van der Waals surface area (Å²) in [6.45, 7) is 2.44. The monoisotopic (exact) mass is 218 g/mol. The lowest BCUT2D eigenvalue weighted by molar-refractivity contribution is 0.261. The van der Waals surface area contributed by atoms with Gasteiger partial charge in [0.15, 0.2) is 0 Å². The first-order valence-electron chi connectivity index (χ1n) is 7.81. The van der Waals surface area contributed by atoms with Crippen LogP contribution in [0.1, 0.15) is 58.3 Å². The van der Waals surface area contributed by atoms with Crippen molar-refractivity contribution < 1.29 is 0 Å². The molecule has 0 aromatic carbocycles. The standard InChI is InChI=1S/C16H26/c1-10-5-12(10)6-13-7-14(13)8-15-9-16(15)11-3-2-4-11/h10-16H,2-9H2,1H3. The average Bonchev–Trinajstić information content (AvgIpc) is 3.03. The highest BCUT2D eigenvalue weighted by atomic mass is 14.6. The van der Waals surface area contributed by atoms with E-state index in [4.69, 9.17) is 0 Å². The third kappa shape index (κ3) is 1.83. The smallest absolute Gasteiger partial charge is 0.0354 e. The van der Waals surface area contributed by atoms with Gasteiger partial charge < -0.3 is 0 Å². The maximum absolute atomic E-state index is 2.44. The van der Waals surface area contributed by atoms with Crippen LogP contribution in [-0.2, 0) is 0 Å². The predicted molar refractivity (Wildman–Crippen MR) is 67.0 cm³/mol. The molecule has 0 heterocycles. The van der Waals surface area contributed by atoms with Crippen LogP contribution in [0.2, 0.25) is 0 Å². The number of rotatable bonds is 5. The van der Waals surface area contributed by atoms with Gasteiger partial charge in [0.25, 0.3) is 0 Å². The van der Waals surface area contributed by atoms with Crippen molar-refractivity contribution in [2.45, 2.75) is 58.3 Å². The third-order valence-electron chi connectivity index (χ3n) is 6.29. The number of hydrogen-bond acceptors (Lipinski definition) is 0. The second kappa shape index (κ2) is 3.50. The zero-order valence-electron chi connectivity index (χ0n) is 10.7. The Balaban J connectivity index is 1.17. The van der Waals surface area contributed by atoms with E-state index in [1.54, 1.807) is 51.4 Å². The number of hydrogen-bond donors (Lipinski definition) is 0. The molecule has 0 nitrogen and oxygen atoms in total. The second-order valence-electron chi connectivity index (χ2n) is 7.55. The summed E-state index contributed by atoms with van der Waals surface area (Å²) in [5.74, 6) is 8.18. The van der Waals surface area contributed by atoms with Gasteiger partial charge in [0.05, 0.1) is 0 Å². The van der Waals surface area contributed by atoms with Gasteiger partial charge in [-0.15, -0.1) is 0 Å². The molecule has 16 heavy (non-hydrogen) atoms. The quantitative estimate of drug-likeness (QED) is 0.637. The van der Waals surface area contributed by atoms with Crippen LogP contribution in [0.4, 0.5) is 0 Å². The first-order chi connectivity index (χ1) is 7.81. The van der Waals surface area contributed by atoms with Crippen molar-refractivity contribution in [1.82, 2.24) is 0 Å². The van der Waals surface area contributed by atoms with Crippen LogP contribution in [0.15, 0.2) is 0 Å². The lowest BCUT2D eigenvalue weighted by Gasteiger charge is -2.25. The lowest BCUT2D eigenvalue weighted by atomic mass is 9.80. The lowest BCUT2D eigenvalue weighted by Crippen LogP contribution is -2.14. The zero-order chi connectivity index (χ0) is 10.7. The molecule has 6 unspecified atom stereocenters. The van der Waals surface area contributed by atoms with Crippen molar-refractivity contribution >= 4 is 0 Å². The highest BCUT2D eigenvalue weighted by Gasteiger charge is 2.50. The summed E-state index contributed by atoms with van der Waals surface area (Å²) in [6, 6.07) is 0. The maximum atomic E-state index is 2.44. The first-order valence-corrected chi connectivity index (χ1v) is 7.81. The Morgan fingerprint density at radius 3 is 2.06 bits per heavy atom. The summed E-state index contributed by atoms with van der Waals surface area (Å²) in [5, 5.41) is 0. The first kappa shape index (κ1) is 9.97. The molecule has 0 N–H and O–H groups in total. The molecule has 0 radical (unpaired) electrons. The largest absolute Gasteiger partial charge is 0.0622 e. The Morgan fingerprint density at radius 2 is 1.50 bits per heavy atom. The fraction of sp³-hybridized carbons (Fsp3) is 1.00. The summed E-state index contributed by atoms with van der Waals surface area (Å²) >= 11 is 0. The molecule has 4 fully saturated rings. The molecule has 0 spiro atoms. The Labute approximate surface area is 100 Å². The second-order valence-corrected chi connectivity index (χ2v) is 7.55. The molecule has 4 aliphatic rings. The summed E-state index contributed by atoms with van der Waals surface area (Å²) < 4.78 is 0. The fourth-order valence-electron chi connectivity index (χ4n) is 4.38. The van der Waals surface area contributed by atoms with Gasteiger partial charge in [-0.25, -0.2) is 0 Å². The Bertz CT molecular complexity index is 278. The molecule has 4 saturated carbocycles. The van der Waals surface area contributed by atoms with Crippen molar-refractivity contribution in [3.63, 3.8) is 0 Å². The van der Waals surface area contributed by atoms with Gasteiger partial charge in [-0.1, -0.05) is 26.2 Å². The molecular weight excluding hydrogens is 192 g/mol. The van der Waals surface area contributed by atoms with E-state index < -0.39 is 0 Å². The summed E-state index contributed by atoms with van der Waals surface area (Å²) in [5.41, 5.74) is 0. The van der Waals surface area contributed by atoms with E-state index in [9.17, 15) is 0 Å². The fourth-order valence-corrected chi connectivity index (χ4v) is 4.38. The van der Waals surface area contributed by atoms with E-state index >= 15 is 0 Å². The molecule has 0 aromatic rings. The molecule has 0 heteroatoms. The molecule has 0 bridgehead atoms. The van der Waals surface area contributed by atoms with Crippen molar-refractivity contribution in [1.29, 1.82) is 0 Å². The Kier molecular flexibility index (Phi) is 2.18. The molecule has 0 saturated heterocycles. The van der Waals surface area contributed by atoms with Crippen LogP contribution in [0.25, 0.3) is 0 Å². The Morgan fingerprint density at radius 1 is 0.812 bits per heavy atom. The van der Waals surface area contributed by atoms with E-state index in [2.05, 4.69) is 6.92 Å². The van der Waals surface area contributed by atoms with E-state index in [0.29, 0.717) is 0 Å². The molecule has 4 rings (SSSR count). The van der Waals surface area contributed by atoms with Crippen molar-refractivity contribution in [2.75, 3.05) is 0 Å². The van der Waals surface area contributed by atoms with E-state index in [1.165, 1.54) is 29.6 Å². The summed E-state index contributed by atoms with van der Waals surface area (Å²) in [7, 11) is 0. The predicted octanol–water partition coefficient (Wildman–Crippen LogP) is 4.49. The molecule has 0 aromatic heterocycles. The molecule has 6 atom stereocenters. The third-order valence-corrected chi connectivity index (χ3v) is 6.29. The molecule has 0 amide bonds. The van der Waals surface area contributed by atoms with Gasteiger partial charge in [0.1, 0.15) is 0 Å². The van der Waals surface area contributed by atoms with E-state index in [0.717, 1.165) is 11.8 Å². The maximum Gasteiger partial charge on any atom is -0.0354 e. The molecule has 0 aliphatic heterocycles. The van der Waals surface area contributed by atoms with Gasteiger partial charge in [-0.2, -0.15) is 0 Å². The zero-order valence-corrected chi connectivity index (χ0v) is 10.7. The van der Waals surface area contributed by atoms with Crippen molar-refractivity contribution in [2.24, 2.45) is 41.4 Å². The van der Waals surface area contributed by atoms with Gasteiger partial charge in [0.2, 0.25) is 0 Å². The highest BCUT2D eigenvalue weighted by molar-refractivity contribution is 5.00. The normalized spacial score (nSPS) is 54.6. The minimum absolute atomic E-state index is 1.09. The highest BCUT2D eigenvalue weighted by Crippen LogP contribution is 2.60. The van der Waals surface area contributed by atoms with E-state index in [-0.39, 0.29) is 0 Å². The van der Waals surface area contributed by atoms with Crippen molar-refractivity contribution in [3.05, 3.63) is 0 Å². The SMILES string of the molecule is CC1CC1CC1CC1CC1CC1C1CCC1. The van der Waals surface area contributed by atoms with Gasteiger partial charge >= 0.3 is 0 Å². The van der Waals surface area contributed by atoms with Gasteiger partial charge in [-0.3, -0.25) is 0 Å². The summed E-state index contributed by atoms with van der Waals surface area (Å²) in [4.78, 5) is 0. The van der Waals surface area contributed by atoms with Gasteiger partial charge in [-0.05, 0) is 73.5 Å². The summed E-state index contributed by atoms with van der Waals surface area (Å²) in [6.07, 6.45) is 12.7.